The molecule has 0 aromatic heterocycles. The smallest absolute Gasteiger partial charge is 0.283 e. The molecule has 0 atom stereocenters. The van der Waals surface area contributed by atoms with Gasteiger partial charge in [0.2, 0.25) is 0 Å². The molecule has 22 nitrogen and oxygen atoms in total. The lowest BCUT2D eigenvalue weighted by Gasteiger charge is -2.06. The Balaban J connectivity index is 0.000000639. The molecule has 0 bridgehead atoms. The van der Waals surface area contributed by atoms with Crippen molar-refractivity contribution in [3.8, 4) is 11.5 Å². The van der Waals surface area contributed by atoms with Crippen LogP contribution in [-0.4, -0.2) is 42.6 Å². The van der Waals surface area contributed by atoms with Crippen molar-refractivity contribution in [1.29, 1.82) is 0 Å². The number of unbranched alkanes of at least 4 members (excludes halogenated alkanes) is 7. The van der Waals surface area contributed by atoms with Crippen molar-refractivity contribution in [2.75, 3.05) is 13.1 Å². The molecule has 44 heavy (non-hydrogen) atoms. The lowest BCUT2D eigenvalue weighted by atomic mass is 10.1. The summed E-state index contributed by atoms with van der Waals surface area (Å²) >= 11 is 0. The molecule has 0 radical (unpaired) electrons. The molecule has 0 saturated carbocycles. The zero-order chi connectivity index (χ0) is 34.0. The molecule has 2 aromatic carbocycles. The van der Waals surface area contributed by atoms with Gasteiger partial charge in [-0.25, -0.2) is 0 Å². The fourth-order valence-corrected chi connectivity index (χ4v) is 3.34. The van der Waals surface area contributed by atoms with Crippen molar-refractivity contribution in [1.82, 2.24) is 0 Å². The minimum Gasteiger partial charge on any atom is -0.863 e. The van der Waals surface area contributed by atoms with Gasteiger partial charge in [0.15, 0.2) is 0 Å². The quantitative estimate of drug-likeness (QED) is 0.160. The molecule has 0 unspecified atom stereocenters. The maximum atomic E-state index is 11.1. The molecule has 0 spiro atoms. The minimum absolute atomic E-state index is 0.384. The molecule has 6 N–H and O–H groups in total. The van der Waals surface area contributed by atoms with Crippen molar-refractivity contribution in [2.24, 2.45) is 0 Å². The van der Waals surface area contributed by atoms with E-state index in [1.807, 2.05) is 0 Å². The van der Waals surface area contributed by atoms with E-state index in [0.717, 1.165) is 13.1 Å². The van der Waals surface area contributed by atoms with E-state index in [0.29, 0.717) is 24.3 Å². The van der Waals surface area contributed by atoms with Crippen molar-refractivity contribution < 1.29 is 51.2 Å². The molecular weight excluding hydrogens is 600 g/mol. The number of rotatable bonds is 15. The van der Waals surface area contributed by atoms with E-state index < -0.39 is 75.2 Å². The number of hydrogen-bond donors (Lipinski definition) is 2. The Bertz CT molecular complexity index is 1180. The summed E-state index contributed by atoms with van der Waals surface area (Å²) in [5.74, 6) is -2.92. The van der Waals surface area contributed by atoms with E-state index in [1.165, 1.54) is 51.4 Å². The molecule has 0 fully saturated rings. The van der Waals surface area contributed by atoms with E-state index in [4.69, 9.17) is 0 Å². The topological polar surface area (TPSA) is 360 Å². The van der Waals surface area contributed by atoms with Crippen molar-refractivity contribution in [2.45, 2.75) is 51.4 Å². The van der Waals surface area contributed by atoms with Crippen molar-refractivity contribution in [3.05, 3.63) is 85.0 Å². The van der Waals surface area contributed by atoms with Crippen LogP contribution in [0.1, 0.15) is 51.4 Å². The third-order valence-corrected chi connectivity index (χ3v) is 5.53. The Morgan fingerprint density at radius 1 is 0.409 bits per heavy atom. The molecule has 0 heterocycles. The van der Waals surface area contributed by atoms with Crippen LogP contribution in [0, 0.1) is 60.7 Å². The van der Waals surface area contributed by atoms with E-state index in [-0.39, 0.29) is 0 Å². The van der Waals surface area contributed by atoms with Gasteiger partial charge < -0.3 is 21.7 Å². The molecule has 242 valence electrons. The number of hydrogen-bond acceptors (Lipinski definition) is 14. The second kappa shape index (κ2) is 19.5. The second-order valence-electron chi connectivity index (χ2n) is 8.70. The first-order chi connectivity index (χ1) is 20.6. The first-order valence-corrected chi connectivity index (χ1v) is 12.8. The van der Waals surface area contributed by atoms with Crippen LogP contribution in [-0.2, 0) is 0 Å². The van der Waals surface area contributed by atoms with Crippen LogP contribution in [0.15, 0.2) is 24.3 Å². The number of non-ortho nitro benzene ring substituents is 2. The van der Waals surface area contributed by atoms with Gasteiger partial charge in [0.1, 0.15) is 0 Å². The first-order valence-electron chi connectivity index (χ1n) is 12.8. The first kappa shape index (κ1) is 38.4. The number of nitro benzene ring substituents is 6. The molecule has 22 heteroatoms. The Labute approximate surface area is 246 Å². The number of quaternary nitrogens is 2. The van der Waals surface area contributed by atoms with Crippen LogP contribution >= 0.6 is 0 Å². The summed E-state index contributed by atoms with van der Waals surface area (Å²) in [5.41, 5.74) is 1.15. The molecule has 2 rings (SSSR count). The Hall–Kier alpha value is -5.64. The second-order valence-corrected chi connectivity index (χ2v) is 8.70. The van der Waals surface area contributed by atoms with Gasteiger partial charge in [0, 0.05) is 0 Å². The maximum Gasteiger partial charge on any atom is 0.283 e. The van der Waals surface area contributed by atoms with Gasteiger partial charge in [-0.05, 0) is 25.7 Å². The monoisotopic (exact) mass is 630 g/mol. The summed E-state index contributed by atoms with van der Waals surface area (Å²) < 4.78 is 0. The average molecular weight is 631 g/mol. The summed E-state index contributed by atoms with van der Waals surface area (Å²) in [7, 11) is 0. The SMILES string of the molecule is O=[N+]([O-])c1cc([N+](=O)[O-])c([O-])c([N+](=O)[O-])c1.O=[N+]([O-])c1cc([N+](=O)[O-])c([O-])c([N+](=O)[O-])c1.[NH3+]CCCCCCCCCC[NH3+]. The van der Waals surface area contributed by atoms with E-state index >= 15 is 0 Å². The highest BCUT2D eigenvalue weighted by molar-refractivity contribution is 5.64. The largest absolute Gasteiger partial charge is 0.863 e. The van der Waals surface area contributed by atoms with Crippen molar-refractivity contribution >= 4 is 34.1 Å². The lowest BCUT2D eigenvalue weighted by Crippen LogP contribution is -2.50. The van der Waals surface area contributed by atoms with Gasteiger partial charge in [-0.15, -0.1) is 0 Å². The maximum absolute atomic E-state index is 11.1. The molecule has 0 aliphatic rings. The highest BCUT2D eigenvalue weighted by atomic mass is 16.7. The Morgan fingerprint density at radius 3 is 0.773 bits per heavy atom. The standard InChI is InChI=1S/C10H24N2.2C6H3N3O7/c11-9-7-5-3-1-2-4-6-8-10-12;2*10-6-4(8(13)14)1-3(7(11)12)2-5(6)9(15)16/h1-12H2;2*1-2,10H. The number of nitrogens with zero attached hydrogens (tertiary/aromatic N) is 6. The summed E-state index contributed by atoms with van der Waals surface area (Å²) in [6.45, 7) is 2.23. The normalized spacial score (nSPS) is 9.95. The summed E-state index contributed by atoms with van der Waals surface area (Å²) in [4.78, 5) is 55.0. The van der Waals surface area contributed by atoms with E-state index in [1.54, 1.807) is 0 Å². The van der Waals surface area contributed by atoms with E-state index in [2.05, 4.69) is 11.5 Å². The predicted octanol–water partition coefficient (Wildman–Crippen LogP) is 1.56. The van der Waals surface area contributed by atoms with Crippen LogP contribution in [0.5, 0.6) is 11.5 Å². The van der Waals surface area contributed by atoms with Gasteiger partial charge in [0.05, 0.1) is 78.4 Å². The van der Waals surface area contributed by atoms with Gasteiger partial charge in [-0.1, -0.05) is 25.7 Å². The number of nitro groups is 6. The summed E-state index contributed by atoms with van der Waals surface area (Å²) in [5, 5.41) is 84.2. The highest BCUT2D eigenvalue weighted by Crippen LogP contribution is 2.38. The molecule has 2 aromatic rings. The Kier molecular flexibility index (Phi) is 17.0. The van der Waals surface area contributed by atoms with Gasteiger partial charge in [0.25, 0.3) is 34.1 Å². The fraction of sp³-hybridized carbons (Fsp3) is 0.455. The fourth-order valence-electron chi connectivity index (χ4n) is 3.34. The zero-order valence-electron chi connectivity index (χ0n) is 23.2. The van der Waals surface area contributed by atoms with Crippen LogP contribution in [0.2, 0.25) is 0 Å². The molecular formula is C22H30N8O14. The molecule has 0 saturated heterocycles. The van der Waals surface area contributed by atoms with Crippen LogP contribution in [0.3, 0.4) is 0 Å². The average Bonchev–Trinajstić information content (AvgIpc) is 2.94. The van der Waals surface area contributed by atoms with Gasteiger partial charge >= 0.3 is 0 Å². The predicted molar refractivity (Wildman–Crippen MR) is 144 cm³/mol. The summed E-state index contributed by atoms with van der Waals surface area (Å²) in [6.07, 6.45) is 11.1. The zero-order valence-corrected chi connectivity index (χ0v) is 23.2. The summed E-state index contributed by atoms with van der Waals surface area (Å²) in [6, 6.07) is 1.54. The minimum atomic E-state index is -1.46. The van der Waals surface area contributed by atoms with Gasteiger partial charge in [-0.3, -0.25) is 60.7 Å². The van der Waals surface area contributed by atoms with Crippen LogP contribution in [0.25, 0.3) is 0 Å². The lowest BCUT2D eigenvalue weighted by molar-refractivity contribution is -0.420. The third-order valence-electron chi connectivity index (χ3n) is 5.53. The molecule has 0 aliphatic carbocycles. The van der Waals surface area contributed by atoms with Crippen LogP contribution in [0.4, 0.5) is 34.1 Å². The van der Waals surface area contributed by atoms with E-state index in [9.17, 15) is 70.9 Å². The molecule has 0 amide bonds. The highest BCUT2D eigenvalue weighted by Gasteiger charge is 2.25. The van der Waals surface area contributed by atoms with Crippen molar-refractivity contribution in [3.63, 3.8) is 0 Å². The van der Waals surface area contributed by atoms with Crippen LogP contribution < -0.4 is 21.7 Å². The number of benzene rings is 2. The third kappa shape index (κ3) is 12.9. The van der Waals surface area contributed by atoms with Gasteiger partial charge in [-0.2, -0.15) is 0 Å². The Morgan fingerprint density at radius 2 is 0.614 bits per heavy atom. The molecule has 0 aliphatic heterocycles.